The molecule has 2 aromatic rings. The normalized spacial score (nSPS) is 23.7. The van der Waals surface area contributed by atoms with E-state index in [2.05, 4.69) is 32.9 Å². The summed E-state index contributed by atoms with van der Waals surface area (Å²) in [5.74, 6) is 0.0520. The number of rotatable bonds is 12. The van der Waals surface area contributed by atoms with Gasteiger partial charge in [0, 0.05) is 11.8 Å². The minimum absolute atomic E-state index is 0.00166. The van der Waals surface area contributed by atoms with Crippen LogP contribution in [0.15, 0.2) is 60.7 Å². The molecule has 7 atom stereocenters. The number of ether oxygens (including phenoxy) is 4. The zero-order valence-electron chi connectivity index (χ0n) is 21.9. The molecule has 0 radical (unpaired) electrons. The van der Waals surface area contributed by atoms with Crippen LogP contribution >= 0.6 is 0 Å². The lowest BCUT2D eigenvalue weighted by molar-refractivity contribution is -0.172. The maximum absolute atomic E-state index is 12.5. The maximum Gasteiger partial charge on any atom is 0.311 e. The highest BCUT2D eigenvalue weighted by Crippen LogP contribution is 2.36. The lowest BCUT2D eigenvalue weighted by Crippen LogP contribution is -2.48. The Labute approximate surface area is 211 Å². The summed E-state index contributed by atoms with van der Waals surface area (Å²) in [5, 5.41) is 0. The van der Waals surface area contributed by atoms with E-state index in [4.69, 9.17) is 18.9 Å². The van der Waals surface area contributed by atoms with Crippen LogP contribution < -0.4 is 0 Å². The highest BCUT2D eigenvalue weighted by molar-refractivity contribution is 5.72. The number of esters is 1. The van der Waals surface area contributed by atoms with Crippen molar-refractivity contribution in [1.29, 1.82) is 0 Å². The fourth-order valence-corrected chi connectivity index (χ4v) is 5.13. The van der Waals surface area contributed by atoms with E-state index in [0.29, 0.717) is 25.7 Å². The van der Waals surface area contributed by atoms with Gasteiger partial charge >= 0.3 is 5.97 Å². The van der Waals surface area contributed by atoms with Crippen molar-refractivity contribution in [3.8, 4) is 0 Å². The largest absolute Gasteiger partial charge is 0.469 e. The minimum atomic E-state index is -0.387. The van der Waals surface area contributed by atoms with Gasteiger partial charge in [-0.2, -0.15) is 0 Å². The Morgan fingerprint density at radius 3 is 2.14 bits per heavy atom. The molecule has 0 amide bonds. The summed E-state index contributed by atoms with van der Waals surface area (Å²) in [4.78, 5) is 12.5. The number of methoxy groups -OCH3 is 1. The number of carbonyl (C=O) groups is 1. The molecular weight excluding hydrogens is 440 g/mol. The molecule has 0 bridgehead atoms. The van der Waals surface area contributed by atoms with E-state index in [0.717, 1.165) is 18.4 Å². The van der Waals surface area contributed by atoms with E-state index >= 15 is 0 Å². The summed E-state index contributed by atoms with van der Waals surface area (Å²) in [5.41, 5.74) is 2.26. The van der Waals surface area contributed by atoms with Gasteiger partial charge in [0.15, 0.2) is 0 Å². The average molecular weight is 483 g/mol. The summed E-state index contributed by atoms with van der Waals surface area (Å²) in [6.45, 7) is 10.2. The maximum atomic E-state index is 12.5. The first-order chi connectivity index (χ1) is 16.9. The molecule has 3 rings (SSSR count). The van der Waals surface area contributed by atoms with Crippen molar-refractivity contribution in [2.75, 3.05) is 13.7 Å². The molecule has 1 aliphatic rings. The molecule has 35 heavy (non-hydrogen) atoms. The first kappa shape index (κ1) is 27.4. The van der Waals surface area contributed by atoms with Crippen LogP contribution in [0.2, 0.25) is 0 Å². The molecule has 0 spiro atoms. The second kappa shape index (κ2) is 13.8. The summed E-state index contributed by atoms with van der Waals surface area (Å²) in [6.07, 6.45) is 1.91. The zero-order valence-corrected chi connectivity index (χ0v) is 21.9. The Hall–Kier alpha value is -2.21. The number of carbonyl (C=O) groups excluding carboxylic acids is 1. The third-order valence-electron chi connectivity index (χ3n) is 7.31. The lowest BCUT2D eigenvalue weighted by atomic mass is 9.79. The highest BCUT2D eigenvalue weighted by Gasteiger charge is 2.41. The van der Waals surface area contributed by atoms with Crippen LogP contribution in [0.5, 0.6) is 0 Å². The molecule has 0 N–H and O–H groups in total. The van der Waals surface area contributed by atoms with Gasteiger partial charge in [0.05, 0.1) is 51.2 Å². The fraction of sp³-hybridized carbons (Fsp3) is 0.567. The van der Waals surface area contributed by atoms with Gasteiger partial charge in [-0.3, -0.25) is 4.79 Å². The summed E-state index contributed by atoms with van der Waals surface area (Å²) in [7, 11) is 1.44. The molecule has 1 heterocycles. The van der Waals surface area contributed by atoms with Crippen molar-refractivity contribution in [3.05, 3.63) is 71.8 Å². The molecule has 5 nitrogen and oxygen atoms in total. The quantitative estimate of drug-likeness (QED) is 0.345. The smallest absolute Gasteiger partial charge is 0.311 e. The van der Waals surface area contributed by atoms with Gasteiger partial charge in [-0.15, -0.1) is 0 Å². The van der Waals surface area contributed by atoms with Crippen LogP contribution in [0.1, 0.15) is 51.7 Å². The number of hydrogen-bond acceptors (Lipinski definition) is 5. The number of benzene rings is 2. The first-order valence-electron chi connectivity index (χ1n) is 12.9. The Kier molecular flexibility index (Phi) is 10.8. The van der Waals surface area contributed by atoms with Gasteiger partial charge in [0.2, 0.25) is 0 Å². The zero-order chi connectivity index (χ0) is 25.2. The molecule has 0 saturated carbocycles. The van der Waals surface area contributed by atoms with Crippen molar-refractivity contribution in [2.45, 2.75) is 72.1 Å². The van der Waals surface area contributed by atoms with Crippen molar-refractivity contribution in [1.82, 2.24) is 0 Å². The van der Waals surface area contributed by atoms with Gasteiger partial charge in [-0.1, -0.05) is 81.4 Å². The van der Waals surface area contributed by atoms with Gasteiger partial charge in [-0.05, 0) is 36.8 Å². The molecule has 2 aromatic carbocycles. The molecule has 1 fully saturated rings. The van der Waals surface area contributed by atoms with Crippen LogP contribution in [-0.2, 0) is 37.0 Å². The first-order valence-corrected chi connectivity index (χ1v) is 12.9. The Balaban J connectivity index is 1.63. The predicted octanol–water partition coefficient (Wildman–Crippen LogP) is 6.05. The van der Waals surface area contributed by atoms with Crippen LogP contribution in [0.3, 0.4) is 0 Å². The lowest BCUT2D eigenvalue weighted by Gasteiger charge is -2.43. The Bertz CT molecular complexity index is 871. The van der Waals surface area contributed by atoms with Crippen LogP contribution in [0.4, 0.5) is 0 Å². The molecule has 192 valence electrons. The third kappa shape index (κ3) is 7.89. The predicted molar refractivity (Wildman–Crippen MR) is 138 cm³/mol. The molecule has 0 aromatic heterocycles. The molecule has 0 unspecified atom stereocenters. The van der Waals surface area contributed by atoms with Crippen molar-refractivity contribution >= 4 is 5.97 Å². The standard InChI is InChI=1S/C30H42O5/c1-21-16-17-27(22(2)18-33-19-25-12-8-6-9-13-25)35-28(21)23(3)29(24(4)30(31)32-5)34-20-26-14-10-7-11-15-26/h6-15,21-24,27-29H,16-20H2,1-5H3/t21-,22+,23+,24+,27-,28-,29+/m0/s1. The summed E-state index contributed by atoms with van der Waals surface area (Å²) >= 11 is 0. The van der Waals surface area contributed by atoms with E-state index in [1.165, 1.54) is 12.7 Å². The molecule has 1 saturated heterocycles. The molecule has 5 heteroatoms. The Morgan fingerprint density at radius 1 is 0.943 bits per heavy atom. The van der Waals surface area contributed by atoms with Gasteiger partial charge in [0.1, 0.15) is 0 Å². The molecule has 0 aliphatic carbocycles. The van der Waals surface area contributed by atoms with Crippen molar-refractivity contribution in [3.63, 3.8) is 0 Å². The van der Waals surface area contributed by atoms with Crippen molar-refractivity contribution in [2.24, 2.45) is 23.7 Å². The van der Waals surface area contributed by atoms with E-state index in [1.807, 2.05) is 55.5 Å². The van der Waals surface area contributed by atoms with Crippen LogP contribution in [-0.4, -0.2) is 38.0 Å². The highest BCUT2D eigenvalue weighted by atomic mass is 16.5. The molecular formula is C30H42O5. The second-order valence-electron chi connectivity index (χ2n) is 10.1. The summed E-state index contributed by atoms with van der Waals surface area (Å²) < 4.78 is 24.2. The van der Waals surface area contributed by atoms with Gasteiger partial charge < -0.3 is 18.9 Å². The topological polar surface area (TPSA) is 54.0 Å². The van der Waals surface area contributed by atoms with Gasteiger partial charge in [-0.25, -0.2) is 0 Å². The van der Waals surface area contributed by atoms with Crippen molar-refractivity contribution < 1.29 is 23.7 Å². The fourth-order valence-electron chi connectivity index (χ4n) is 5.13. The third-order valence-corrected chi connectivity index (χ3v) is 7.31. The van der Waals surface area contributed by atoms with E-state index < -0.39 is 0 Å². The van der Waals surface area contributed by atoms with E-state index in [-0.39, 0.29) is 42.0 Å². The summed E-state index contributed by atoms with van der Waals surface area (Å²) in [6, 6.07) is 20.3. The number of hydrogen-bond donors (Lipinski definition) is 0. The SMILES string of the molecule is COC(=O)[C@H](C)[C@H](OCc1ccccc1)[C@H](C)[C@H]1O[C@H]([C@H](C)COCc2ccccc2)CC[C@@H]1C. The monoisotopic (exact) mass is 482 g/mol. The molecule has 1 aliphatic heterocycles. The Morgan fingerprint density at radius 2 is 1.54 bits per heavy atom. The van der Waals surface area contributed by atoms with E-state index in [9.17, 15) is 4.79 Å². The van der Waals surface area contributed by atoms with Gasteiger partial charge in [0.25, 0.3) is 0 Å². The average Bonchev–Trinajstić information content (AvgIpc) is 2.89. The van der Waals surface area contributed by atoms with E-state index in [1.54, 1.807) is 0 Å². The second-order valence-corrected chi connectivity index (χ2v) is 10.1. The minimum Gasteiger partial charge on any atom is -0.469 e. The van der Waals surface area contributed by atoms with Crippen LogP contribution in [0.25, 0.3) is 0 Å². The van der Waals surface area contributed by atoms with Crippen LogP contribution in [0, 0.1) is 23.7 Å².